The molecule has 0 saturated heterocycles. The van der Waals surface area contributed by atoms with Crippen LogP contribution in [0.2, 0.25) is 0 Å². The van der Waals surface area contributed by atoms with E-state index in [1.807, 2.05) is 48.5 Å². The van der Waals surface area contributed by atoms with Gasteiger partial charge >= 0.3 is 0 Å². The number of hydrogen-bond donors (Lipinski definition) is 0. The van der Waals surface area contributed by atoms with Gasteiger partial charge in [0.05, 0.1) is 0 Å². The Labute approximate surface area is 172 Å². The maximum absolute atomic E-state index is 11.5. The van der Waals surface area contributed by atoms with Crippen molar-refractivity contribution in [3.63, 3.8) is 0 Å². The maximum Gasteiger partial charge on any atom is 0.223 e. The van der Waals surface area contributed by atoms with Crippen molar-refractivity contribution in [1.82, 2.24) is 0 Å². The molecule has 0 spiro atoms. The summed E-state index contributed by atoms with van der Waals surface area (Å²) in [5, 5.41) is 0. The summed E-state index contributed by atoms with van der Waals surface area (Å²) in [6.45, 7) is 1.56. The number of anilines is 1. The van der Waals surface area contributed by atoms with Crippen LogP contribution in [0.3, 0.4) is 0 Å². The zero-order valence-corrected chi connectivity index (χ0v) is 17.3. The van der Waals surface area contributed by atoms with Crippen LogP contribution in [-0.2, 0) is 4.79 Å². The third-order valence-corrected chi connectivity index (χ3v) is 7.08. The van der Waals surface area contributed by atoms with Crippen LogP contribution in [0.25, 0.3) is 0 Å². The van der Waals surface area contributed by atoms with E-state index in [4.69, 9.17) is 9.47 Å². The van der Waals surface area contributed by atoms with E-state index in [0.717, 1.165) is 40.7 Å². The lowest BCUT2D eigenvalue weighted by Gasteiger charge is -2.56. The SMILES string of the molecule is CC(=O)N(C)c1ccc(Oc2ccccc2OC23CC4CC(CC(C4)C2)C3)cc1. The first-order valence-electron chi connectivity index (χ1n) is 10.8. The van der Waals surface area contributed by atoms with Gasteiger partial charge in [-0.2, -0.15) is 0 Å². The molecule has 0 atom stereocenters. The zero-order chi connectivity index (χ0) is 20.0. The minimum atomic E-state index is 0.00225. The zero-order valence-electron chi connectivity index (χ0n) is 17.3. The van der Waals surface area contributed by atoms with Gasteiger partial charge in [0.25, 0.3) is 0 Å². The standard InChI is InChI=1S/C25H29NO3/c1-17(27)26(2)21-7-9-22(10-8-21)28-23-5-3-4-6-24(23)29-25-14-18-11-19(15-25)13-20(12-18)16-25/h3-10,18-20H,11-16H2,1-2H3. The minimum Gasteiger partial charge on any atom is -0.483 e. The fraction of sp³-hybridized carbons (Fsp3) is 0.480. The molecular weight excluding hydrogens is 362 g/mol. The molecule has 0 aliphatic heterocycles. The fourth-order valence-corrected chi connectivity index (χ4v) is 6.05. The lowest BCUT2D eigenvalue weighted by molar-refractivity contribution is -0.116. The first-order chi connectivity index (χ1) is 14.0. The van der Waals surface area contributed by atoms with E-state index in [2.05, 4.69) is 0 Å². The smallest absolute Gasteiger partial charge is 0.223 e. The van der Waals surface area contributed by atoms with Crippen molar-refractivity contribution < 1.29 is 14.3 Å². The molecule has 4 aliphatic rings. The summed E-state index contributed by atoms with van der Waals surface area (Å²) in [6.07, 6.45) is 7.80. The summed E-state index contributed by atoms with van der Waals surface area (Å²) >= 11 is 0. The maximum atomic E-state index is 11.5. The first kappa shape index (κ1) is 18.5. The summed E-state index contributed by atoms with van der Waals surface area (Å²) in [6, 6.07) is 15.6. The number of nitrogens with zero attached hydrogens (tertiary/aromatic N) is 1. The van der Waals surface area contributed by atoms with Gasteiger partial charge in [-0.25, -0.2) is 0 Å². The van der Waals surface area contributed by atoms with Crippen molar-refractivity contribution in [2.75, 3.05) is 11.9 Å². The average molecular weight is 392 g/mol. The Hall–Kier alpha value is -2.49. The molecule has 0 aromatic heterocycles. The fourth-order valence-electron chi connectivity index (χ4n) is 6.05. The highest BCUT2D eigenvalue weighted by Gasteiger charge is 2.52. The van der Waals surface area contributed by atoms with E-state index in [1.165, 1.54) is 38.5 Å². The Bertz CT molecular complexity index is 869. The van der Waals surface area contributed by atoms with E-state index in [1.54, 1.807) is 18.9 Å². The number of carbonyl (C=O) groups is 1. The van der Waals surface area contributed by atoms with E-state index >= 15 is 0 Å². The molecular formula is C25H29NO3. The first-order valence-corrected chi connectivity index (χ1v) is 10.8. The van der Waals surface area contributed by atoms with Gasteiger partial charge in [-0.1, -0.05) is 12.1 Å². The van der Waals surface area contributed by atoms with Crippen molar-refractivity contribution in [1.29, 1.82) is 0 Å². The lowest BCUT2D eigenvalue weighted by Crippen LogP contribution is -2.53. The number of benzene rings is 2. The third-order valence-electron chi connectivity index (χ3n) is 7.08. The Balaban J connectivity index is 1.34. The van der Waals surface area contributed by atoms with Crippen LogP contribution in [0.4, 0.5) is 5.69 Å². The highest BCUT2D eigenvalue weighted by molar-refractivity contribution is 5.90. The van der Waals surface area contributed by atoms with Gasteiger partial charge in [0.1, 0.15) is 11.4 Å². The molecule has 0 heterocycles. The van der Waals surface area contributed by atoms with Crippen LogP contribution in [-0.4, -0.2) is 18.6 Å². The van der Waals surface area contributed by atoms with Crippen LogP contribution in [0.1, 0.15) is 45.4 Å². The quantitative estimate of drug-likeness (QED) is 0.646. The second-order valence-corrected chi connectivity index (χ2v) is 9.32. The highest BCUT2D eigenvalue weighted by Crippen LogP contribution is 2.57. The number of amides is 1. The van der Waals surface area contributed by atoms with Crippen molar-refractivity contribution >= 4 is 11.6 Å². The average Bonchev–Trinajstić information content (AvgIpc) is 2.68. The molecule has 4 heteroatoms. The predicted molar refractivity (Wildman–Crippen MR) is 114 cm³/mol. The van der Waals surface area contributed by atoms with Crippen LogP contribution in [0, 0.1) is 17.8 Å². The Kier molecular flexibility index (Phi) is 4.53. The van der Waals surface area contributed by atoms with Crippen molar-refractivity contribution in [3.05, 3.63) is 48.5 Å². The third kappa shape index (κ3) is 3.61. The largest absolute Gasteiger partial charge is 0.483 e. The van der Waals surface area contributed by atoms with E-state index in [0.29, 0.717) is 0 Å². The molecule has 29 heavy (non-hydrogen) atoms. The summed E-state index contributed by atoms with van der Waals surface area (Å²) < 4.78 is 12.9. The molecule has 4 saturated carbocycles. The number of rotatable bonds is 5. The van der Waals surface area contributed by atoms with Gasteiger partial charge in [-0.15, -0.1) is 0 Å². The lowest BCUT2D eigenvalue weighted by atomic mass is 9.54. The highest BCUT2D eigenvalue weighted by atomic mass is 16.5. The number of hydrogen-bond acceptors (Lipinski definition) is 3. The van der Waals surface area contributed by atoms with Crippen molar-refractivity contribution in [3.8, 4) is 17.2 Å². The molecule has 4 fully saturated rings. The van der Waals surface area contributed by atoms with E-state index in [-0.39, 0.29) is 11.5 Å². The molecule has 4 nitrogen and oxygen atoms in total. The molecule has 152 valence electrons. The summed E-state index contributed by atoms with van der Waals surface area (Å²) in [5.74, 6) is 4.90. The molecule has 1 amide bonds. The number of para-hydroxylation sites is 2. The Morgan fingerprint density at radius 2 is 1.45 bits per heavy atom. The van der Waals surface area contributed by atoms with Gasteiger partial charge in [0.15, 0.2) is 11.5 Å². The second kappa shape index (κ2) is 7.08. The Morgan fingerprint density at radius 1 is 0.897 bits per heavy atom. The summed E-state index contributed by atoms with van der Waals surface area (Å²) in [5.41, 5.74) is 0.852. The predicted octanol–water partition coefficient (Wildman–Crippen LogP) is 5.81. The molecule has 4 bridgehead atoms. The van der Waals surface area contributed by atoms with Gasteiger partial charge in [0.2, 0.25) is 5.91 Å². The Morgan fingerprint density at radius 3 is 2.00 bits per heavy atom. The second-order valence-electron chi connectivity index (χ2n) is 9.32. The van der Waals surface area contributed by atoms with Gasteiger partial charge < -0.3 is 14.4 Å². The number of carbonyl (C=O) groups excluding carboxylic acids is 1. The van der Waals surface area contributed by atoms with Crippen LogP contribution in [0.5, 0.6) is 17.2 Å². The summed E-state index contributed by atoms with van der Waals surface area (Å²) in [7, 11) is 1.77. The molecule has 6 rings (SSSR count). The molecule has 0 radical (unpaired) electrons. The molecule has 2 aromatic carbocycles. The van der Waals surface area contributed by atoms with E-state index < -0.39 is 0 Å². The van der Waals surface area contributed by atoms with Crippen LogP contribution in [0.15, 0.2) is 48.5 Å². The topological polar surface area (TPSA) is 38.8 Å². The number of ether oxygens (including phenoxy) is 2. The molecule has 0 unspecified atom stereocenters. The molecule has 0 N–H and O–H groups in total. The van der Waals surface area contributed by atoms with Crippen molar-refractivity contribution in [2.45, 2.75) is 51.0 Å². The minimum absolute atomic E-state index is 0.00225. The van der Waals surface area contributed by atoms with Crippen molar-refractivity contribution in [2.24, 2.45) is 17.8 Å². The summed E-state index contributed by atoms with van der Waals surface area (Å²) in [4.78, 5) is 13.2. The normalized spacial score (nSPS) is 29.5. The van der Waals surface area contributed by atoms with Crippen LogP contribution >= 0.6 is 0 Å². The van der Waals surface area contributed by atoms with Gasteiger partial charge in [-0.05, 0) is 92.7 Å². The molecule has 2 aromatic rings. The molecule has 4 aliphatic carbocycles. The van der Waals surface area contributed by atoms with Gasteiger partial charge in [-0.3, -0.25) is 4.79 Å². The van der Waals surface area contributed by atoms with Crippen LogP contribution < -0.4 is 14.4 Å². The van der Waals surface area contributed by atoms with Gasteiger partial charge in [0, 0.05) is 19.7 Å². The monoisotopic (exact) mass is 391 g/mol. The van der Waals surface area contributed by atoms with E-state index in [9.17, 15) is 4.79 Å².